The van der Waals surface area contributed by atoms with Gasteiger partial charge in [-0.1, -0.05) is 17.7 Å². The van der Waals surface area contributed by atoms with Gasteiger partial charge in [-0.15, -0.1) is 0 Å². The predicted octanol–water partition coefficient (Wildman–Crippen LogP) is 4.42. The highest BCUT2D eigenvalue weighted by atomic mass is 35.5. The third kappa shape index (κ3) is 4.70. The van der Waals surface area contributed by atoms with Gasteiger partial charge in [-0.25, -0.2) is 8.78 Å². The maximum absolute atomic E-state index is 13.4. The van der Waals surface area contributed by atoms with Crippen LogP contribution in [0.4, 0.5) is 27.6 Å². The van der Waals surface area contributed by atoms with Crippen LogP contribution in [0.15, 0.2) is 36.5 Å². The second kappa shape index (κ2) is 8.31. The number of benzene rings is 2. The highest BCUT2D eigenvalue weighted by Crippen LogP contribution is 2.35. The molecule has 0 saturated heterocycles. The normalized spacial score (nSPS) is 11.5. The number of aromatic amines is 1. The summed E-state index contributed by atoms with van der Waals surface area (Å²) in [5.41, 5.74) is -0.225. The molecule has 0 atom stereocenters. The van der Waals surface area contributed by atoms with Gasteiger partial charge in [0.05, 0.1) is 21.8 Å². The summed E-state index contributed by atoms with van der Waals surface area (Å²) < 4.78 is 64.7. The first-order chi connectivity index (χ1) is 14.1. The average molecular weight is 446 g/mol. The lowest BCUT2D eigenvalue weighted by molar-refractivity contribution is -0.137. The van der Waals surface area contributed by atoms with Crippen LogP contribution in [0, 0.1) is 11.6 Å². The summed E-state index contributed by atoms with van der Waals surface area (Å²) in [6.07, 6.45) is -3.16. The van der Waals surface area contributed by atoms with Gasteiger partial charge in [-0.05, 0) is 30.2 Å². The van der Waals surface area contributed by atoms with Gasteiger partial charge in [0.25, 0.3) is 0 Å². The summed E-state index contributed by atoms with van der Waals surface area (Å²) in [4.78, 5) is 26.6. The summed E-state index contributed by atoms with van der Waals surface area (Å²) in [5.74, 6) is -4.24. The molecule has 5 nitrogen and oxygen atoms in total. The number of rotatable bonds is 4. The number of halogens is 6. The van der Waals surface area contributed by atoms with Crippen LogP contribution in [-0.2, 0) is 22.2 Å². The van der Waals surface area contributed by atoms with E-state index in [0.29, 0.717) is 5.56 Å². The Morgan fingerprint density at radius 2 is 1.73 bits per heavy atom. The molecule has 1 aromatic heterocycles. The molecule has 3 aromatic rings. The van der Waals surface area contributed by atoms with Gasteiger partial charge >= 0.3 is 18.0 Å². The minimum Gasteiger partial charge on any atom is -0.359 e. The van der Waals surface area contributed by atoms with Crippen molar-refractivity contribution >= 4 is 40.0 Å². The topological polar surface area (TPSA) is 74.0 Å². The molecule has 0 aliphatic carbocycles. The number of amides is 2. The quantitative estimate of drug-likeness (QED) is 0.411. The first-order valence-electron chi connectivity index (χ1n) is 8.47. The van der Waals surface area contributed by atoms with E-state index in [1.165, 1.54) is 12.3 Å². The van der Waals surface area contributed by atoms with Crippen LogP contribution in [-0.4, -0.2) is 23.3 Å². The van der Waals surface area contributed by atoms with Crippen LogP contribution in [0.3, 0.4) is 0 Å². The standard InChI is InChI=1S/C19H13ClF5N3O2/c20-12-5-9(1-2-11(12)19(23,24)25)3-4-26-17(29)18(30)28-16-8-27-15-7-14(22)13(21)6-10(15)16/h1-2,5-8,27H,3-4H2,(H,26,29)(H,28,30). The lowest BCUT2D eigenvalue weighted by atomic mass is 10.1. The number of fused-ring (bicyclic) bond motifs is 1. The molecule has 3 N–H and O–H groups in total. The number of carbonyl (C=O) groups is 2. The Labute approximate surface area is 171 Å². The highest BCUT2D eigenvalue weighted by molar-refractivity contribution is 6.40. The molecule has 0 aliphatic heterocycles. The first-order valence-corrected chi connectivity index (χ1v) is 8.85. The first kappa shape index (κ1) is 21.6. The van der Waals surface area contributed by atoms with Crippen LogP contribution < -0.4 is 10.6 Å². The van der Waals surface area contributed by atoms with Gasteiger partial charge < -0.3 is 15.6 Å². The van der Waals surface area contributed by atoms with Crippen LogP contribution in [0.1, 0.15) is 11.1 Å². The molecule has 3 rings (SSSR count). The van der Waals surface area contributed by atoms with Crippen molar-refractivity contribution < 1.29 is 31.5 Å². The van der Waals surface area contributed by atoms with Crippen molar-refractivity contribution in [1.82, 2.24) is 10.3 Å². The molecule has 0 aliphatic rings. The molecule has 0 saturated carbocycles. The zero-order chi connectivity index (χ0) is 22.1. The van der Waals surface area contributed by atoms with E-state index in [0.717, 1.165) is 24.3 Å². The molecule has 11 heteroatoms. The van der Waals surface area contributed by atoms with E-state index in [2.05, 4.69) is 15.6 Å². The molecule has 1 heterocycles. The molecule has 0 radical (unpaired) electrons. The van der Waals surface area contributed by atoms with Gasteiger partial charge in [0.1, 0.15) is 0 Å². The number of anilines is 1. The molecule has 0 spiro atoms. The monoisotopic (exact) mass is 445 g/mol. The Bertz CT molecular complexity index is 1130. The summed E-state index contributed by atoms with van der Waals surface area (Å²) in [5, 5.41) is 4.30. The number of hydrogen-bond acceptors (Lipinski definition) is 2. The highest BCUT2D eigenvalue weighted by Gasteiger charge is 2.32. The summed E-state index contributed by atoms with van der Waals surface area (Å²) in [6.45, 7) is -0.0400. The number of H-pyrrole nitrogens is 1. The third-order valence-electron chi connectivity index (χ3n) is 4.22. The second-order valence-corrected chi connectivity index (χ2v) is 6.69. The minimum absolute atomic E-state index is 0.0400. The summed E-state index contributed by atoms with van der Waals surface area (Å²) in [6, 6.07) is 4.99. The molecular weight excluding hydrogens is 433 g/mol. The van der Waals surface area contributed by atoms with Crippen molar-refractivity contribution in [3.05, 3.63) is 64.3 Å². The number of alkyl halides is 3. The van der Waals surface area contributed by atoms with Crippen LogP contribution >= 0.6 is 11.6 Å². The average Bonchev–Trinajstić information content (AvgIpc) is 3.02. The Morgan fingerprint density at radius 3 is 2.40 bits per heavy atom. The number of aromatic nitrogens is 1. The zero-order valence-electron chi connectivity index (χ0n) is 15.0. The minimum atomic E-state index is -4.57. The van der Waals surface area contributed by atoms with Crippen molar-refractivity contribution in [2.45, 2.75) is 12.6 Å². The van der Waals surface area contributed by atoms with Crippen molar-refractivity contribution in [3.63, 3.8) is 0 Å². The van der Waals surface area contributed by atoms with E-state index in [4.69, 9.17) is 11.6 Å². The lowest BCUT2D eigenvalue weighted by Crippen LogP contribution is -2.36. The van der Waals surface area contributed by atoms with E-state index < -0.39 is 40.2 Å². The van der Waals surface area contributed by atoms with E-state index in [9.17, 15) is 31.5 Å². The number of carbonyl (C=O) groups excluding carboxylic acids is 2. The third-order valence-corrected chi connectivity index (χ3v) is 4.53. The van der Waals surface area contributed by atoms with Gasteiger partial charge in [0.15, 0.2) is 11.6 Å². The molecule has 0 fully saturated rings. The fourth-order valence-electron chi connectivity index (χ4n) is 2.74. The smallest absolute Gasteiger partial charge is 0.359 e. The molecule has 2 aromatic carbocycles. The molecular formula is C19H13ClF5N3O2. The SMILES string of the molecule is O=C(NCCc1ccc(C(F)(F)F)c(Cl)c1)C(=O)Nc1c[nH]c2cc(F)c(F)cc12. The fourth-order valence-corrected chi connectivity index (χ4v) is 3.05. The molecule has 30 heavy (non-hydrogen) atoms. The number of nitrogens with one attached hydrogen (secondary N) is 3. The second-order valence-electron chi connectivity index (χ2n) is 6.29. The molecule has 0 bridgehead atoms. The predicted molar refractivity (Wildman–Crippen MR) is 100 cm³/mol. The Morgan fingerprint density at radius 1 is 1.03 bits per heavy atom. The molecule has 0 unspecified atom stereocenters. The van der Waals surface area contributed by atoms with Gasteiger partial charge in [-0.2, -0.15) is 13.2 Å². The Kier molecular flexibility index (Phi) is 5.97. The van der Waals surface area contributed by atoms with E-state index in [1.807, 2.05) is 0 Å². The van der Waals surface area contributed by atoms with Gasteiger partial charge in [0.2, 0.25) is 0 Å². The Balaban J connectivity index is 1.57. The van der Waals surface area contributed by atoms with Gasteiger partial charge in [0, 0.05) is 24.2 Å². The van der Waals surface area contributed by atoms with E-state index >= 15 is 0 Å². The zero-order valence-corrected chi connectivity index (χ0v) is 15.7. The van der Waals surface area contributed by atoms with Crippen LogP contribution in [0.25, 0.3) is 10.9 Å². The van der Waals surface area contributed by atoms with Crippen molar-refractivity contribution in [1.29, 1.82) is 0 Å². The summed E-state index contributed by atoms with van der Waals surface area (Å²) in [7, 11) is 0. The maximum Gasteiger partial charge on any atom is 0.417 e. The fraction of sp³-hybridized carbons (Fsp3) is 0.158. The summed E-state index contributed by atoms with van der Waals surface area (Å²) >= 11 is 5.63. The van der Waals surface area contributed by atoms with Crippen LogP contribution in [0.5, 0.6) is 0 Å². The molecule has 158 valence electrons. The Hall–Kier alpha value is -3.14. The largest absolute Gasteiger partial charge is 0.417 e. The number of hydrogen-bond donors (Lipinski definition) is 3. The lowest BCUT2D eigenvalue weighted by Gasteiger charge is -2.10. The van der Waals surface area contributed by atoms with E-state index in [1.54, 1.807) is 0 Å². The van der Waals surface area contributed by atoms with Crippen molar-refractivity contribution in [2.24, 2.45) is 0 Å². The van der Waals surface area contributed by atoms with Crippen molar-refractivity contribution in [2.75, 3.05) is 11.9 Å². The van der Waals surface area contributed by atoms with Crippen molar-refractivity contribution in [3.8, 4) is 0 Å². The van der Waals surface area contributed by atoms with Gasteiger partial charge in [-0.3, -0.25) is 9.59 Å². The molecule has 2 amide bonds. The van der Waals surface area contributed by atoms with E-state index in [-0.39, 0.29) is 29.6 Å². The van der Waals surface area contributed by atoms with Crippen LogP contribution in [0.2, 0.25) is 5.02 Å². The maximum atomic E-state index is 13.4.